The number of benzene rings is 2. The average Bonchev–Trinajstić information content (AvgIpc) is 3.03. The predicted molar refractivity (Wildman–Crippen MR) is 149 cm³/mol. The standard InChI is InChI=1S/C29H38N2O12/c1-30-27(39)15-6-14(7-16(8-15)28(40)31-2)13-4-3-5-17(9-13)41-29-23(35)18(22(34)20(11-32)43-29)10-19-24(36)26(38)25(37)21(12-33)42-19/h3-9,18-26,29,32-38H,10-12H2,1-2H3,(H,30,39)(H,31,40)/t18-,19+,20+,21+,22-,23-,24+,25+,26+,29-/m0/s1. The van der Waals surface area contributed by atoms with E-state index < -0.39 is 86.1 Å². The lowest BCUT2D eigenvalue weighted by molar-refractivity contribution is -0.278. The molecule has 2 fully saturated rings. The number of carbonyl (C=O) groups excluding carboxylic acids is 2. The van der Waals surface area contributed by atoms with E-state index in [1.165, 1.54) is 20.2 Å². The van der Waals surface area contributed by atoms with Crippen LogP contribution in [-0.4, -0.2) is 130 Å². The first-order valence-electron chi connectivity index (χ1n) is 13.8. The van der Waals surface area contributed by atoms with Crippen LogP contribution in [0.2, 0.25) is 0 Å². The molecule has 0 bridgehead atoms. The summed E-state index contributed by atoms with van der Waals surface area (Å²) in [5.41, 5.74) is 1.60. The normalized spacial score (nSPS) is 32.6. The molecule has 236 valence electrons. The van der Waals surface area contributed by atoms with Crippen LogP contribution in [0, 0.1) is 5.92 Å². The molecule has 0 saturated carbocycles. The molecule has 0 unspecified atom stereocenters. The monoisotopic (exact) mass is 606 g/mol. The quantitative estimate of drug-likeness (QED) is 0.147. The van der Waals surface area contributed by atoms with Crippen molar-refractivity contribution < 1.29 is 59.5 Å². The highest BCUT2D eigenvalue weighted by Gasteiger charge is 2.50. The second-order valence-corrected chi connectivity index (χ2v) is 10.6. The summed E-state index contributed by atoms with van der Waals surface area (Å²) >= 11 is 0. The SMILES string of the molecule is CNC(=O)c1cc(C(=O)NC)cc(-c2cccc(O[C@H]3O[C@H](CO)[C@@H](O)[C@H](C[C@H]4O[C@H](CO)[C@@H](O)[C@H](O)[C@@H]4O)[C@@H]3O)c2)c1. The molecular formula is C29H38N2O12. The highest BCUT2D eigenvalue weighted by atomic mass is 16.7. The van der Waals surface area contributed by atoms with Crippen LogP contribution in [-0.2, 0) is 9.47 Å². The molecule has 2 aromatic rings. The van der Waals surface area contributed by atoms with Crippen molar-refractivity contribution in [3.8, 4) is 16.9 Å². The van der Waals surface area contributed by atoms with Gasteiger partial charge >= 0.3 is 0 Å². The third kappa shape index (κ3) is 6.98. The van der Waals surface area contributed by atoms with E-state index in [1.54, 1.807) is 36.4 Å². The van der Waals surface area contributed by atoms with E-state index in [4.69, 9.17) is 14.2 Å². The molecule has 0 aromatic heterocycles. The molecule has 2 aliphatic rings. The van der Waals surface area contributed by atoms with E-state index in [9.17, 15) is 45.3 Å². The molecule has 2 amide bonds. The smallest absolute Gasteiger partial charge is 0.251 e. The summed E-state index contributed by atoms with van der Waals surface area (Å²) in [6.07, 6.45) is -12.9. The molecule has 2 aromatic carbocycles. The number of rotatable bonds is 9. The second-order valence-electron chi connectivity index (χ2n) is 10.6. The van der Waals surface area contributed by atoms with Crippen molar-refractivity contribution in [2.24, 2.45) is 5.92 Å². The van der Waals surface area contributed by atoms with Crippen molar-refractivity contribution in [3.63, 3.8) is 0 Å². The lowest BCUT2D eigenvalue weighted by atomic mass is 9.81. The lowest BCUT2D eigenvalue weighted by Gasteiger charge is -2.46. The minimum atomic E-state index is -1.64. The number of nitrogens with one attached hydrogen (secondary N) is 2. The number of aliphatic hydroxyl groups is 7. The predicted octanol–water partition coefficient (Wildman–Crippen LogP) is -2.26. The van der Waals surface area contributed by atoms with Crippen molar-refractivity contribution >= 4 is 11.8 Å². The Bertz CT molecular complexity index is 1240. The van der Waals surface area contributed by atoms with Crippen LogP contribution < -0.4 is 15.4 Å². The van der Waals surface area contributed by atoms with Crippen molar-refractivity contribution in [1.82, 2.24) is 10.6 Å². The molecule has 0 spiro atoms. The lowest BCUT2D eigenvalue weighted by Crippen LogP contribution is -2.62. The van der Waals surface area contributed by atoms with Crippen molar-refractivity contribution in [2.45, 2.75) is 61.5 Å². The Morgan fingerprint density at radius 3 is 1.88 bits per heavy atom. The first-order valence-corrected chi connectivity index (χ1v) is 13.8. The fourth-order valence-electron chi connectivity index (χ4n) is 5.41. The van der Waals surface area contributed by atoms with Gasteiger partial charge in [0.05, 0.1) is 25.4 Å². The molecular weight excluding hydrogens is 568 g/mol. The first-order chi connectivity index (χ1) is 20.5. The maximum absolute atomic E-state index is 12.4. The van der Waals surface area contributed by atoms with Gasteiger partial charge in [0.2, 0.25) is 6.29 Å². The van der Waals surface area contributed by atoms with Gasteiger partial charge in [-0.2, -0.15) is 0 Å². The van der Waals surface area contributed by atoms with Crippen LogP contribution in [0.1, 0.15) is 27.1 Å². The topological polar surface area (TPSA) is 227 Å². The zero-order valence-corrected chi connectivity index (χ0v) is 23.6. The number of carbonyl (C=O) groups is 2. The van der Waals surface area contributed by atoms with Gasteiger partial charge in [0.15, 0.2) is 0 Å². The molecule has 2 heterocycles. The summed E-state index contributed by atoms with van der Waals surface area (Å²) in [6, 6.07) is 11.2. The largest absolute Gasteiger partial charge is 0.462 e. The first kappa shape index (κ1) is 32.7. The maximum atomic E-state index is 12.4. The Kier molecular flexibility index (Phi) is 10.7. The van der Waals surface area contributed by atoms with Gasteiger partial charge in [-0.1, -0.05) is 12.1 Å². The van der Waals surface area contributed by atoms with E-state index in [2.05, 4.69) is 10.6 Å². The van der Waals surface area contributed by atoms with Crippen molar-refractivity contribution in [2.75, 3.05) is 27.3 Å². The Hall–Kier alpha value is -3.18. The van der Waals surface area contributed by atoms with Crippen LogP contribution in [0.25, 0.3) is 11.1 Å². The van der Waals surface area contributed by atoms with Crippen molar-refractivity contribution in [1.29, 1.82) is 0 Å². The Labute approximate surface area is 247 Å². The molecule has 0 aliphatic carbocycles. The molecule has 0 radical (unpaired) electrons. The Morgan fingerprint density at radius 2 is 1.30 bits per heavy atom. The molecule has 2 saturated heterocycles. The van der Waals surface area contributed by atoms with Gasteiger partial charge in [-0.3, -0.25) is 9.59 Å². The molecule has 43 heavy (non-hydrogen) atoms. The minimum Gasteiger partial charge on any atom is -0.462 e. The molecule has 14 nitrogen and oxygen atoms in total. The van der Waals surface area contributed by atoms with Crippen molar-refractivity contribution in [3.05, 3.63) is 53.6 Å². The zero-order chi connectivity index (χ0) is 31.4. The van der Waals surface area contributed by atoms with Gasteiger partial charge < -0.3 is 60.6 Å². The van der Waals surface area contributed by atoms with Gasteiger partial charge in [-0.05, 0) is 47.9 Å². The van der Waals surface area contributed by atoms with E-state index in [0.29, 0.717) is 11.1 Å². The van der Waals surface area contributed by atoms with Gasteiger partial charge in [-0.25, -0.2) is 0 Å². The summed E-state index contributed by atoms with van der Waals surface area (Å²) in [5, 5.41) is 77.2. The number of ether oxygens (including phenoxy) is 3. The summed E-state index contributed by atoms with van der Waals surface area (Å²) < 4.78 is 17.2. The number of hydrogen-bond donors (Lipinski definition) is 9. The van der Waals surface area contributed by atoms with Crippen LogP contribution in [0.15, 0.2) is 42.5 Å². The number of hydrogen-bond acceptors (Lipinski definition) is 12. The summed E-state index contributed by atoms with van der Waals surface area (Å²) in [7, 11) is 2.94. The summed E-state index contributed by atoms with van der Waals surface area (Å²) in [4.78, 5) is 24.7. The van der Waals surface area contributed by atoms with Crippen LogP contribution in [0.5, 0.6) is 5.75 Å². The van der Waals surface area contributed by atoms with Gasteiger partial charge in [0.25, 0.3) is 11.8 Å². The highest BCUT2D eigenvalue weighted by Crippen LogP contribution is 2.35. The minimum absolute atomic E-state index is 0.216. The Morgan fingerprint density at radius 1 is 0.721 bits per heavy atom. The molecule has 9 N–H and O–H groups in total. The highest BCUT2D eigenvalue weighted by molar-refractivity contribution is 6.01. The average molecular weight is 607 g/mol. The fraction of sp³-hybridized carbons (Fsp3) is 0.517. The second kappa shape index (κ2) is 14.1. The van der Waals surface area contributed by atoms with Gasteiger partial charge in [0.1, 0.15) is 42.4 Å². The molecule has 10 atom stereocenters. The Balaban J connectivity index is 1.58. The maximum Gasteiger partial charge on any atom is 0.251 e. The van der Waals surface area contributed by atoms with E-state index in [0.717, 1.165) is 0 Å². The molecule has 4 rings (SSSR count). The van der Waals surface area contributed by atoms with E-state index in [-0.39, 0.29) is 23.3 Å². The van der Waals surface area contributed by atoms with Gasteiger partial charge in [-0.15, -0.1) is 0 Å². The van der Waals surface area contributed by atoms with E-state index in [1.807, 2.05) is 0 Å². The van der Waals surface area contributed by atoms with Crippen LogP contribution in [0.3, 0.4) is 0 Å². The van der Waals surface area contributed by atoms with Crippen LogP contribution in [0.4, 0.5) is 0 Å². The third-order valence-electron chi connectivity index (χ3n) is 7.85. The van der Waals surface area contributed by atoms with Gasteiger partial charge in [0, 0.05) is 31.1 Å². The van der Waals surface area contributed by atoms with E-state index >= 15 is 0 Å². The molecule has 2 aliphatic heterocycles. The molecule has 14 heteroatoms. The summed E-state index contributed by atoms with van der Waals surface area (Å²) in [5.74, 6) is -1.65. The number of aliphatic hydroxyl groups excluding tert-OH is 7. The van der Waals surface area contributed by atoms with Crippen LogP contribution >= 0.6 is 0 Å². The zero-order valence-electron chi connectivity index (χ0n) is 23.6. The fourth-order valence-corrected chi connectivity index (χ4v) is 5.41. The summed E-state index contributed by atoms with van der Waals surface area (Å²) in [6.45, 7) is -1.27. The third-order valence-corrected chi connectivity index (χ3v) is 7.85. The number of amides is 2.